The molecule has 4 aromatic carbocycles. The Balaban J connectivity index is 1.34. The predicted octanol–water partition coefficient (Wildman–Crippen LogP) is 7.35. The molecule has 0 N–H and O–H groups in total. The van der Waals surface area contributed by atoms with Crippen molar-refractivity contribution in [3.05, 3.63) is 156 Å². The Morgan fingerprint density at radius 3 is 2.50 bits per heavy atom. The Morgan fingerprint density at radius 1 is 1.00 bits per heavy atom. The van der Waals surface area contributed by atoms with Crippen LogP contribution in [0, 0.1) is 20.2 Å². The second-order valence-corrected chi connectivity index (χ2v) is 13.3. The van der Waals surface area contributed by atoms with Crippen LogP contribution in [0.25, 0.3) is 11.8 Å². The van der Waals surface area contributed by atoms with E-state index in [0.717, 1.165) is 53.4 Å². The Bertz CT molecular complexity index is 2390. The van der Waals surface area contributed by atoms with E-state index in [-0.39, 0.29) is 28.8 Å². The number of methoxy groups -OCH3 is 1. The molecule has 48 heavy (non-hydrogen) atoms. The number of fused-ring (bicyclic) bond motifs is 3. The molecule has 0 amide bonds. The van der Waals surface area contributed by atoms with Gasteiger partial charge in [-0.15, -0.1) is 0 Å². The zero-order valence-electron chi connectivity index (χ0n) is 24.9. The Labute approximate surface area is 289 Å². The number of hydrogen-bond acceptors (Lipinski definition) is 9. The summed E-state index contributed by atoms with van der Waals surface area (Å²) in [4.78, 5) is 41.1. The molecule has 0 unspecified atom stereocenters. The highest BCUT2D eigenvalue weighted by atomic mass is 79.9. The lowest BCUT2D eigenvalue weighted by Gasteiger charge is -2.30. The van der Waals surface area contributed by atoms with Crippen LogP contribution in [-0.2, 0) is 6.42 Å². The average molecular weight is 746 g/mol. The zero-order valence-corrected chi connectivity index (χ0v) is 28.0. The number of nitrogens with zero attached hydrogens (tertiary/aromatic N) is 4. The lowest BCUT2D eigenvalue weighted by atomic mass is 9.83. The number of allylic oxidation sites excluding steroid dienone is 1. The molecule has 0 fully saturated rings. The summed E-state index contributed by atoms with van der Waals surface area (Å²) in [5.74, 6) is 0.114. The fourth-order valence-corrected chi connectivity index (χ4v) is 7.67. The Morgan fingerprint density at radius 2 is 1.77 bits per heavy atom. The topological polar surface area (TPSA) is 139 Å². The molecule has 0 bridgehead atoms. The van der Waals surface area contributed by atoms with Gasteiger partial charge in [0.05, 0.1) is 43.8 Å². The summed E-state index contributed by atoms with van der Waals surface area (Å²) in [5.41, 5.74) is 4.52. The lowest BCUT2D eigenvalue weighted by Crippen LogP contribution is -2.38. The van der Waals surface area contributed by atoms with E-state index in [0.29, 0.717) is 24.4 Å². The highest BCUT2D eigenvalue weighted by Gasteiger charge is 2.32. The SMILES string of the molecule is COc1cc(/C=c2/sc3n(c2=O)[C@@H](c2ccc(Cl)cc2)C2=C(N=3)c3ccccc3CC2)cc(Br)c1Oc1ccc([N+](=O)[O-])cc1[N+](=O)[O-]. The van der Waals surface area contributed by atoms with Gasteiger partial charge in [0.1, 0.15) is 0 Å². The number of aromatic nitrogens is 1. The van der Waals surface area contributed by atoms with Crippen LogP contribution in [0.15, 0.2) is 98.7 Å². The van der Waals surface area contributed by atoms with E-state index in [4.69, 9.17) is 26.1 Å². The second kappa shape index (κ2) is 12.5. The summed E-state index contributed by atoms with van der Waals surface area (Å²) >= 11 is 11.0. The van der Waals surface area contributed by atoms with Crippen molar-refractivity contribution in [1.82, 2.24) is 4.57 Å². The van der Waals surface area contributed by atoms with Crippen LogP contribution < -0.4 is 24.4 Å². The van der Waals surface area contributed by atoms with E-state index in [9.17, 15) is 25.0 Å². The number of rotatable bonds is 7. The smallest absolute Gasteiger partial charge is 0.318 e. The first kappa shape index (κ1) is 31.5. The Kier molecular flexibility index (Phi) is 8.19. The van der Waals surface area contributed by atoms with Crippen LogP contribution in [0.4, 0.5) is 11.4 Å². The number of non-ortho nitro benzene ring substituents is 1. The third-order valence-electron chi connectivity index (χ3n) is 8.17. The van der Waals surface area contributed by atoms with Crippen molar-refractivity contribution in [2.45, 2.75) is 18.9 Å². The molecule has 0 saturated heterocycles. The van der Waals surface area contributed by atoms with Crippen molar-refractivity contribution >= 4 is 62.0 Å². The molecule has 0 radical (unpaired) electrons. The maximum atomic E-state index is 14.2. The van der Waals surface area contributed by atoms with Crippen LogP contribution >= 0.6 is 38.9 Å². The molecular formula is C34H22BrClN4O7S. The molecule has 5 aromatic rings. The molecule has 1 aliphatic heterocycles. The van der Waals surface area contributed by atoms with Crippen LogP contribution in [0.2, 0.25) is 5.02 Å². The molecule has 14 heteroatoms. The van der Waals surface area contributed by atoms with Crippen LogP contribution in [0.5, 0.6) is 17.2 Å². The minimum absolute atomic E-state index is 0.113. The summed E-state index contributed by atoms with van der Waals surface area (Å²) in [6.07, 6.45) is 3.32. The molecule has 2 heterocycles. The fraction of sp³-hybridized carbons (Fsp3) is 0.118. The van der Waals surface area contributed by atoms with Gasteiger partial charge in [0.15, 0.2) is 16.3 Å². The van der Waals surface area contributed by atoms with Crippen molar-refractivity contribution in [2.75, 3.05) is 7.11 Å². The largest absolute Gasteiger partial charge is 0.493 e. The number of halogens is 2. The van der Waals surface area contributed by atoms with Crippen LogP contribution in [-0.4, -0.2) is 21.5 Å². The van der Waals surface area contributed by atoms with Gasteiger partial charge in [0.2, 0.25) is 5.75 Å². The monoisotopic (exact) mass is 744 g/mol. The molecule has 0 spiro atoms. The number of ether oxygens (including phenoxy) is 2. The highest BCUT2D eigenvalue weighted by molar-refractivity contribution is 9.10. The van der Waals surface area contributed by atoms with Gasteiger partial charge in [-0.05, 0) is 87.4 Å². The molecule has 11 nitrogen and oxygen atoms in total. The zero-order chi connectivity index (χ0) is 33.7. The summed E-state index contributed by atoms with van der Waals surface area (Å²) in [5, 5.41) is 23.4. The molecule has 0 saturated carbocycles. The van der Waals surface area contributed by atoms with Crippen LogP contribution in [0.1, 0.15) is 34.7 Å². The quantitative estimate of drug-likeness (QED) is 0.125. The number of nitro groups is 2. The first-order valence-electron chi connectivity index (χ1n) is 14.5. The number of thiazole rings is 1. The van der Waals surface area contributed by atoms with Gasteiger partial charge in [0.25, 0.3) is 11.2 Å². The molecule has 1 aliphatic carbocycles. The average Bonchev–Trinajstić information content (AvgIpc) is 3.38. The van der Waals surface area contributed by atoms with Crippen molar-refractivity contribution < 1.29 is 19.3 Å². The van der Waals surface area contributed by atoms with Gasteiger partial charge < -0.3 is 9.47 Å². The standard InChI is InChI=1S/C34H22BrClN4O7S/c1-46-28-15-18(14-25(35)32(28)47-27-13-11-22(39(42)43)17-26(27)40(44)45)16-29-33(41)38-31(20-6-9-21(36)10-7-20)24-12-8-19-4-2-3-5-23(19)30(24)37-34(38)48-29/h2-7,9-11,13-17,31H,8,12H2,1H3/b29-16+/t31-/m0/s1. The minimum atomic E-state index is -0.759. The fourth-order valence-electron chi connectivity index (χ4n) is 6.00. The first-order valence-corrected chi connectivity index (χ1v) is 16.5. The maximum absolute atomic E-state index is 14.2. The molecule has 7 rings (SSSR count). The van der Waals surface area contributed by atoms with Crippen molar-refractivity contribution in [1.29, 1.82) is 0 Å². The normalized spacial score (nSPS) is 15.2. The van der Waals surface area contributed by atoms with Crippen molar-refractivity contribution in [2.24, 2.45) is 4.99 Å². The predicted molar refractivity (Wildman–Crippen MR) is 185 cm³/mol. The van der Waals surface area contributed by atoms with Gasteiger partial charge in [-0.1, -0.05) is 59.3 Å². The van der Waals surface area contributed by atoms with Crippen molar-refractivity contribution in [3.63, 3.8) is 0 Å². The van der Waals surface area contributed by atoms with Gasteiger partial charge >= 0.3 is 5.69 Å². The minimum Gasteiger partial charge on any atom is -0.493 e. The van der Waals surface area contributed by atoms with E-state index in [1.54, 1.807) is 22.8 Å². The third-order valence-corrected chi connectivity index (χ3v) is 9.99. The van der Waals surface area contributed by atoms with Gasteiger partial charge in [-0.2, -0.15) is 0 Å². The number of benzene rings is 4. The Hall–Kier alpha value is -5.11. The van der Waals surface area contributed by atoms with Crippen molar-refractivity contribution in [3.8, 4) is 17.2 Å². The third kappa shape index (κ3) is 5.59. The number of nitro benzene ring substituents is 2. The van der Waals surface area contributed by atoms with E-state index in [1.807, 2.05) is 36.4 Å². The van der Waals surface area contributed by atoms with E-state index in [2.05, 4.69) is 28.1 Å². The van der Waals surface area contributed by atoms with Gasteiger partial charge in [-0.25, -0.2) is 4.99 Å². The van der Waals surface area contributed by atoms with Gasteiger partial charge in [-0.3, -0.25) is 29.6 Å². The summed E-state index contributed by atoms with van der Waals surface area (Å²) in [7, 11) is 1.41. The summed E-state index contributed by atoms with van der Waals surface area (Å²) in [6.45, 7) is 0. The maximum Gasteiger partial charge on any atom is 0.318 e. The molecule has 1 atom stereocenters. The first-order chi connectivity index (χ1) is 23.1. The van der Waals surface area contributed by atoms with Gasteiger partial charge in [0, 0.05) is 16.7 Å². The number of aryl methyl sites for hydroxylation is 1. The molecular weight excluding hydrogens is 724 g/mol. The summed E-state index contributed by atoms with van der Waals surface area (Å²) in [6, 6.07) is 21.8. The van der Waals surface area contributed by atoms with E-state index < -0.39 is 21.2 Å². The lowest BCUT2D eigenvalue weighted by molar-refractivity contribution is -0.394. The molecule has 1 aromatic heterocycles. The van der Waals surface area contributed by atoms with E-state index >= 15 is 0 Å². The highest BCUT2D eigenvalue weighted by Crippen LogP contribution is 2.44. The molecule has 2 aliphatic rings. The second-order valence-electron chi connectivity index (χ2n) is 11.0. The number of hydrogen-bond donors (Lipinski definition) is 0. The molecule has 240 valence electrons. The summed E-state index contributed by atoms with van der Waals surface area (Å²) < 4.78 is 14.0. The van der Waals surface area contributed by atoms with Crippen LogP contribution in [0.3, 0.4) is 0 Å². The van der Waals surface area contributed by atoms with E-state index in [1.165, 1.54) is 24.0 Å².